The molecule has 166 valence electrons. The molecule has 0 spiro atoms. The topological polar surface area (TPSA) is 75.7 Å². The van der Waals surface area contributed by atoms with Gasteiger partial charge in [-0.2, -0.15) is 0 Å². The standard InChI is InChI=1S/C25H26N2O4S/c28-25(24(21-9-3-1-4-10-21)27-14-16-32(29,30)17-15-27)26-19-20-8-7-13-23(18-20)31-22-11-5-2-6-12-22/h1-13,18,24H,14-17,19H2,(H,26,28). The third kappa shape index (κ3) is 5.75. The minimum atomic E-state index is -3.03. The van der Waals surface area contributed by atoms with E-state index in [0.29, 0.717) is 25.4 Å². The molecular formula is C25H26N2O4S. The molecule has 1 N–H and O–H groups in total. The predicted molar refractivity (Wildman–Crippen MR) is 124 cm³/mol. The van der Waals surface area contributed by atoms with Crippen molar-refractivity contribution in [2.24, 2.45) is 0 Å². The van der Waals surface area contributed by atoms with E-state index in [1.807, 2.05) is 89.8 Å². The van der Waals surface area contributed by atoms with Crippen LogP contribution in [0.5, 0.6) is 11.5 Å². The molecule has 1 fully saturated rings. The molecule has 6 nitrogen and oxygen atoms in total. The summed E-state index contributed by atoms with van der Waals surface area (Å²) in [6, 6.07) is 26.1. The Kier molecular flexibility index (Phi) is 6.87. The van der Waals surface area contributed by atoms with Crippen molar-refractivity contribution < 1.29 is 17.9 Å². The predicted octanol–water partition coefficient (Wildman–Crippen LogP) is 3.57. The Labute approximate surface area is 188 Å². The first-order valence-corrected chi connectivity index (χ1v) is 12.4. The van der Waals surface area contributed by atoms with Crippen LogP contribution in [0.2, 0.25) is 0 Å². The summed E-state index contributed by atoms with van der Waals surface area (Å²) in [5.74, 6) is 1.44. The van der Waals surface area contributed by atoms with Crippen LogP contribution in [0.1, 0.15) is 17.2 Å². The molecule has 1 heterocycles. The van der Waals surface area contributed by atoms with Crippen LogP contribution in [0.15, 0.2) is 84.9 Å². The number of hydrogen-bond acceptors (Lipinski definition) is 5. The van der Waals surface area contributed by atoms with Gasteiger partial charge in [0.2, 0.25) is 5.91 Å². The van der Waals surface area contributed by atoms with Gasteiger partial charge in [0.25, 0.3) is 0 Å². The van der Waals surface area contributed by atoms with Gasteiger partial charge in [0.15, 0.2) is 9.84 Å². The normalized spacial score (nSPS) is 16.8. The number of rotatable bonds is 7. The highest BCUT2D eigenvalue weighted by Crippen LogP contribution is 2.24. The van der Waals surface area contributed by atoms with Gasteiger partial charge in [-0.05, 0) is 35.4 Å². The fraction of sp³-hybridized carbons (Fsp3) is 0.240. The average molecular weight is 451 g/mol. The van der Waals surface area contributed by atoms with Crippen molar-refractivity contribution in [3.63, 3.8) is 0 Å². The molecule has 1 aliphatic heterocycles. The smallest absolute Gasteiger partial charge is 0.242 e. The van der Waals surface area contributed by atoms with Gasteiger partial charge in [-0.3, -0.25) is 9.69 Å². The van der Waals surface area contributed by atoms with E-state index in [0.717, 1.165) is 16.9 Å². The van der Waals surface area contributed by atoms with Crippen molar-refractivity contribution in [3.05, 3.63) is 96.1 Å². The Bertz CT molecular complexity index is 1140. The molecule has 7 heteroatoms. The van der Waals surface area contributed by atoms with Gasteiger partial charge in [0.1, 0.15) is 17.5 Å². The van der Waals surface area contributed by atoms with Gasteiger partial charge in [-0.1, -0.05) is 60.7 Å². The highest BCUT2D eigenvalue weighted by atomic mass is 32.2. The Hall–Kier alpha value is -3.16. The third-order valence-corrected chi connectivity index (χ3v) is 7.06. The summed E-state index contributed by atoms with van der Waals surface area (Å²) in [6.07, 6.45) is 0. The molecule has 1 saturated heterocycles. The van der Waals surface area contributed by atoms with Gasteiger partial charge in [0.05, 0.1) is 11.5 Å². The van der Waals surface area contributed by atoms with Gasteiger partial charge >= 0.3 is 0 Å². The Morgan fingerprint density at radius 3 is 2.19 bits per heavy atom. The van der Waals surface area contributed by atoms with Crippen LogP contribution in [0.3, 0.4) is 0 Å². The zero-order valence-electron chi connectivity index (χ0n) is 17.7. The maximum absolute atomic E-state index is 13.2. The maximum Gasteiger partial charge on any atom is 0.242 e. The second kappa shape index (κ2) is 9.97. The van der Waals surface area contributed by atoms with Crippen LogP contribution < -0.4 is 10.1 Å². The summed E-state index contributed by atoms with van der Waals surface area (Å²) >= 11 is 0. The molecular weight excluding hydrogens is 424 g/mol. The molecule has 1 amide bonds. The highest BCUT2D eigenvalue weighted by molar-refractivity contribution is 7.91. The zero-order chi connectivity index (χ0) is 22.4. The Morgan fingerprint density at radius 2 is 1.50 bits per heavy atom. The summed E-state index contributed by atoms with van der Waals surface area (Å²) in [7, 11) is -3.03. The zero-order valence-corrected chi connectivity index (χ0v) is 18.5. The number of benzene rings is 3. The number of para-hydroxylation sites is 1. The fourth-order valence-corrected chi connectivity index (χ4v) is 5.01. The number of carbonyl (C=O) groups excluding carboxylic acids is 1. The Morgan fingerprint density at radius 1 is 0.875 bits per heavy atom. The third-order valence-electron chi connectivity index (χ3n) is 5.45. The van der Waals surface area contributed by atoms with E-state index in [1.165, 1.54) is 0 Å². The van der Waals surface area contributed by atoms with Crippen LogP contribution >= 0.6 is 0 Å². The minimum Gasteiger partial charge on any atom is -0.457 e. The lowest BCUT2D eigenvalue weighted by atomic mass is 10.0. The van der Waals surface area contributed by atoms with Crippen LogP contribution in [-0.2, 0) is 21.2 Å². The van der Waals surface area contributed by atoms with Crippen LogP contribution in [0, 0.1) is 0 Å². The van der Waals surface area contributed by atoms with E-state index in [1.54, 1.807) is 0 Å². The molecule has 32 heavy (non-hydrogen) atoms. The van der Waals surface area contributed by atoms with Gasteiger partial charge in [-0.15, -0.1) is 0 Å². The molecule has 0 saturated carbocycles. The average Bonchev–Trinajstić information content (AvgIpc) is 2.81. The van der Waals surface area contributed by atoms with E-state index in [4.69, 9.17) is 4.74 Å². The number of nitrogens with zero attached hydrogens (tertiary/aromatic N) is 1. The van der Waals surface area contributed by atoms with E-state index in [-0.39, 0.29) is 17.4 Å². The molecule has 4 rings (SSSR count). The molecule has 1 atom stereocenters. The molecule has 0 radical (unpaired) electrons. The molecule has 0 aliphatic carbocycles. The number of hydrogen-bond donors (Lipinski definition) is 1. The first kappa shape index (κ1) is 22.0. The molecule has 1 unspecified atom stereocenters. The Balaban J connectivity index is 1.45. The van der Waals surface area contributed by atoms with E-state index in [9.17, 15) is 13.2 Å². The van der Waals surface area contributed by atoms with E-state index >= 15 is 0 Å². The first-order chi connectivity index (χ1) is 15.5. The van der Waals surface area contributed by atoms with Gasteiger partial charge < -0.3 is 10.1 Å². The van der Waals surface area contributed by atoms with Gasteiger partial charge in [0, 0.05) is 19.6 Å². The summed E-state index contributed by atoms with van der Waals surface area (Å²) in [4.78, 5) is 15.2. The fourth-order valence-electron chi connectivity index (χ4n) is 3.78. The van der Waals surface area contributed by atoms with Crippen molar-refractivity contribution in [3.8, 4) is 11.5 Å². The lowest BCUT2D eigenvalue weighted by molar-refractivity contribution is -0.126. The second-order valence-electron chi connectivity index (χ2n) is 7.78. The molecule has 0 bridgehead atoms. The van der Waals surface area contributed by atoms with Crippen molar-refractivity contribution in [1.82, 2.24) is 10.2 Å². The van der Waals surface area contributed by atoms with Crippen molar-refractivity contribution in [1.29, 1.82) is 0 Å². The van der Waals surface area contributed by atoms with Crippen molar-refractivity contribution in [2.45, 2.75) is 12.6 Å². The minimum absolute atomic E-state index is 0.0719. The number of amides is 1. The lowest BCUT2D eigenvalue weighted by Gasteiger charge is -2.33. The van der Waals surface area contributed by atoms with Crippen LogP contribution in [0.25, 0.3) is 0 Å². The van der Waals surface area contributed by atoms with Crippen molar-refractivity contribution >= 4 is 15.7 Å². The van der Waals surface area contributed by atoms with Crippen LogP contribution in [-0.4, -0.2) is 43.8 Å². The monoisotopic (exact) mass is 450 g/mol. The SMILES string of the molecule is O=C(NCc1cccc(Oc2ccccc2)c1)C(c1ccccc1)N1CCS(=O)(=O)CC1. The number of ether oxygens (including phenoxy) is 1. The summed E-state index contributed by atoms with van der Waals surface area (Å²) < 4.78 is 29.6. The quantitative estimate of drug-likeness (QED) is 0.596. The van der Waals surface area contributed by atoms with E-state index < -0.39 is 15.9 Å². The number of carbonyl (C=O) groups is 1. The lowest BCUT2D eigenvalue weighted by Crippen LogP contribution is -2.47. The van der Waals surface area contributed by atoms with Crippen molar-refractivity contribution in [2.75, 3.05) is 24.6 Å². The maximum atomic E-state index is 13.2. The van der Waals surface area contributed by atoms with Crippen LogP contribution in [0.4, 0.5) is 0 Å². The van der Waals surface area contributed by atoms with E-state index in [2.05, 4.69) is 5.32 Å². The second-order valence-corrected chi connectivity index (χ2v) is 10.1. The first-order valence-electron chi connectivity index (χ1n) is 10.6. The summed E-state index contributed by atoms with van der Waals surface area (Å²) in [5.41, 5.74) is 1.77. The summed E-state index contributed by atoms with van der Waals surface area (Å²) in [6.45, 7) is 1.03. The highest BCUT2D eigenvalue weighted by Gasteiger charge is 2.32. The molecule has 1 aliphatic rings. The number of sulfone groups is 1. The number of nitrogens with one attached hydrogen (secondary N) is 1. The van der Waals surface area contributed by atoms with Gasteiger partial charge in [-0.25, -0.2) is 8.42 Å². The molecule has 0 aromatic heterocycles. The summed E-state index contributed by atoms with van der Waals surface area (Å²) in [5, 5.41) is 3.02. The molecule has 3 aromatic rings. The largest absolute Gasteiger partial charge is 0.457 e. The molecule has 3 aromatic carbocycles.